The van der Waals surface area contributed by atoms with E-state index < -0.39 is 0 Å². The first kappa shape index (κ1) is 9.92. The zero-order valence-electron chi connectivity index (χ0n) is 8.50. The summed E-state index contributed by atoms with van der Waals surface area (Å²) in [6.45, 7) is 2.02. The van der Waals surface area contributed by atoms with Crippen molar-refractivity contribution in [3.8, 4) is 17.1 Å². The third-order valence-corrected chi connectivity index (χ3v) is 2.30. The van der Waals surface area contributed by atoms with Gasteiger partial charge in [0, 0.05) is 0 Å². The number of nitrogens with one attached hydrogen (secondary N) is 2. The fourth-order valence-corrected chi connectivity index (χ4v) is 1.55. The number of aromatic nitrogens is 3. The van der Waals surface area contributed by atoms with Crippen LogP contribution in [-0.2, 0) is 0 Å². The highest BCUT2D eigenvalue weighted by Gasteiger charge is 2.08. The lowest BCUT2D eigenvalue weighted by Crippen LogP contribution is -1.90. The van der Waals surface area contributed by atoms with E-state index >= 15 is 0 Å². The molecule has 2 aromatic rings. The lowest BCUT2D eigenvalue weighted by Gasteiger charge is -2.06. The molecule has 1 aromatic heterocycles. The molecule has 2 rings (SSSR count). The molecule has 1 aromatic carbocycles. The Morgan fingerprint density at radius 1 is 1.33 bits per heavy atom. The van der Waals surface area contributed by atoms with Gasteiger partial charge in [0.05, 0.1) is 12.7 Å². The fraction of sp³-hybridized carbons (Fsp3) is 0.200. The Balaban J connectivity index is 2.59. The van der Waals surface area contributed by atoms with E-state index in [0.717, 1.165) is 16.9 Å². The largest absolute Gasteiger partial charge is 0.496 e. The molecule has 0 spiro atoms. The summed E-state index contributed by atoms with van der Waals surface area (Å²) in [5.41, 5.74) is 2.05. The van der Waals surface area contributed by atoms with Crippen LogP contribution in [0.4, 0.5) is 0 Å². The smallest absolute Gasteiger partial charge is 0.213 e. The average molecular weight is 221 g/mol. The number of nitrogens with zero attached hydrogens (tertiary/aromatic N) is 1. The van der Waals surface area contributed by atoms with Gasteiger partial charge in [-0.1, -0.05) is 11.6 Å². The first-order valence-corrected chi connectivity index (χ1v) is 4.91. The van der Waals surface area contributed by atoms with Gasteiger partial charge in [-0.15, -0.1) is 0 Å². The van der Waals surface area contributed by atoms with Crippen LogP contribution in [0.25, 0.3) is 11.4 Å². The van der Waals surface area contributed by atoms with Crippen LogP contribution >= 0.6 is 12.2 Å². The molecule has 0 saturated heterocycles. The van der Waals surface area contributed by atoms with Crippen LogP contribution in [0.5, 0.6) is 5.75 Å². The molecule has 0 atom stereocenters. The van der Waals surface area contributed by atoms with Crippen LogP contribution in [0.3, 0.4) is 0 Å². The highest BCUT2D eigenvalue weighted by atomic mass is 32.1. The zero-order valence-corrected chi connectivity index (χ0v) is 9.31. The number of methoxy groups -OCH3 is 1. The van der Waals surface area contributed by atoms with Gasteiger partial charge in [-0.05, 0) is 31.3 Å². The molecule has 0 aliphatic heterocycles. The van der Waals surface area contributed by atoms with Crippen LogP contribution in [-0.4, -0.2) is 22.3 Å². The van der Waals surface area contributed by atoms with Crippen LogP contribution in [0.2, 0.25) is 0 Å². The Hall–Kier alpha value is -1.62. The van der Waals surface area contributed by atoms with Gasteiger partial charge in [0.1, 0.15) is 5.75 Å². The summed E-state index contributed by atoms with van der Waals surface area (Å²) in [6, 6.07) is 5.90. The summed E-state index contributed by atoms with van der Waals surface area (Å²) >= 11 is 4.91. The van der Waals surface area contributed by atoms with Gasteiger partial charge in [0.15, 0.2) is 5.82 Å². The van der Waals surface area contributed by atoms with E-state index in [1.807, 2.05) is 25.1 Å². The number of rotatable bonds is 2. The van der Waals surface area contributed by atoms with Crippen molar-refractivity contribution in [3.05, 3.63) is 28.5 Å². The second kappa shape index (κ2) is 3.86. The number of hydrogen-bond acceptors (Lipinski definition) is 3. The first-order chi connectivity index (χ1) is 7.20. The molecule has 15 heavy (non-hydrogen) atoms. The molecule has 0 bridgehead atoms. The predicted octanol–water partition coefficient (Wildman–Crippen LogP) is 2.45. The molecule has 78 valence electrons. The lowest BCUT2D eigenvalue weighted by molar-refractivity contribution is 0.416. The highest BCUT2D eigenvalue weighted by Crippen LogP contribution is 2.27. The van der Waals surface area contributed by atoms with Gasteiger partial charge in [-0.3, -0.25) is 10.2 Å². The van der Waals surface area contributed by atoms with Crippen molar-refractivity contribution < 1.29 is 4.74 Å². The SMILES string of the molecule is COc1ccc(C)cc1-c1nc(=S)[nH][nH]1. The van der Waals surface area contributed by atoms with E-state index in [9.17, 15) is 0 Å². The van der Waals surface area contributed by atoms with Gasteiger partial charge >= 0.3 is 0 Å². The summed E-state index contributed by atoms with van der Waals surface area (Å²) in [7, 11) is 1.63. The van der Waals surface area contributed by atoms with Gasteiger partial charge < -0.3 is 4.74 Å². The quantitative estimate of drug-likeness (QED) is 0.766. The number of hydrogen-bond donors (Lipinski definition) is 2. The van der Waals surface area contributed by atoms with E-state index in [-0.39, 0.29) is 0 Å². The Bertz CT molecular complexity index is 529. The zero-order chi connectivity index (χ0) is 10.8. The van der Waals surface area contributed by atoms with Crippen LogP contribution < -0.4 is 4.74 Å². The number of aryl methyl sites for hydroxylation is 1. The minimum absolute atomic E-state index is 0.438. The molecular formula is C10H11N3OS. The highest BCUT2D eigenvalue weighted by molar-refractivity contribution is 7.71. The number of aromatic amines is 2. The van der Waals surface area contributed by atoms with Crippen molar-refractivity contribution in [2.75, 3.05) is 7.11 Å². The Morgan fingerprint density at radius 3 is 2.73 bits per heavy atom. The first-order valence-electron chi connectivity index (χ1n) is 4.50. The van der Waals surface area contributed by atoms with E-state index in [2.05, 4.69) is 15.2 Å². The summed E-state index contributed by atoms with van der Waals surface area (Å²) < 4.78 is 5.69. The van der Waals surface area contributed by atoms with E-state index in [4.69, 9.17) is 17.0 Å². The molecule has 0 aliphatic rings. The maximum absolute atomic E-state index is 5.26. The van der Waals surface area contributed by atoms with E-state index in [1.54, 1.807) is 7.11 Å². The van der Waals surface area contributed by atoms with Crippen molar-refractivity contribution in [3.63, 3.8) is 0 Å². The Morgan fingerprint density at radius 2 is 2.13 bits per heavy atom. The average Bonchev–Trinajstić information content (AvgIpc) is 2.65. The van der Waals surface area contributed by atoms with Crippen LogP contribution in [0.15, 0.2) is 18.2 Å². The predicted molar refractivity (Wildman–Crippen MR) is 60.5 cm³/mol. The molecule has 0 saturated carbocycles. The normalized spacial score (nSPS) is 10.3. The minimum atomic E-state index is 0.438. The van der Waals surface area contributed by atoms with Gasteiger partial charge in [0.25, 0.3) is 0 Å². The maximum Gasteiger partial charge on any atom is 0.213 e. The summed E-state index contributed by atoms with van der Waals surface area (Å²) in [6.07, 6.45) is 0. The second-order valence-electron chi connectivity index (χ2n) is 3.22. The van der Waals surface area contributed by atoms with Crippen molar-refractivity contribution in [1.29, 1.82) is 0 Å². The van der Waals surface area contributed by atoms with E-state index in [0.29, 0.717) is 10.6 Å². The molecule has 0 unspecified atom stereocenters. The number of H-pyrrole nitrogens is 2. The standard InChI is InChI=1S/C10H11N3OS/c1-6-3-4-8(14-2)7(5-6)9-11-10(15)13-12-9/h3-5H,1-2H3,(H2,11,12,13,15). The second-order valence-corrected chi connectivity index (χ2v) is 3.61. The summed E-state index contributed by atoms with van der Waals surface area (Å²) in [5, 5.41) is 5.66. The molecule has 0 aliphatic carbocycles. The molecule has 4 nitrogen and oxygen atoms in total. The summed E-state index contributed by atoms with van der Waals surface area (Å²) in [5.74, 6) is 1.47. The lowest BCUT2D eigenvalue weighted by atomic mass is 10.1. The van der Waals surface area contributed by atoms with Crippen molar-refractivity contribution in [1.82, 2.24) is 15.2 Å². The topological polar surface area (TPSA) is 53.7 Å². The van der Waals surface area contributed by atoms with Gasteiger partial charge in [0.2, 0.25) is 4.77 Å². The third-order valence-electron chi connectivity index (χ3n) is 2.11. The van der Waals surface area contributed by atoms with Gasteiger partial charge in [-0.25, -0.2) is 0 Å². The summed E-state index contributed by atoms with van der Waals surface area (Å²) in [4.78, 5) is 4.15. The maximum atomic E-state index is 5.26. The van der Waals surface area contributed by atoms with Crippen molar-refractivity contribution in [2.24, 2.45) is 0 Å². The van der Waals surface area contributed by atoms with E-state index in [1.165, 1.54) is 0 Å². The van der Waals surface area contributed by atoms with Crippen molar-refractivity contribution >= 4 is 12.2 Å². The molecule has 0 fully saturated rings. The van der Waals surface area contributed by atoms with Crippen LogP contribution in [0, 0.1) is 11.7 Å². The Labute approximate surface area is 92.3 Å². The molecular weight excluding hydrogens is 210 g/mol. The molecule has 2 N–H and O–H groups in total. The molecule has 0 radical (unpaired) electrons. The fourth-order valence-electron chi connectivity index (χ4n) is 1.40. The molecule has 1 heterocycles. The number of benzene rings is 1. The number of ether oxygens (including phenoxy) is 1. The molecule has 5 heteroatoms. The molecule has 0 amide bonds. The Kier molecular flexibility index (Phi) is 2.55. The van der Waals surface area contributed by atoms with Gasteiger partial charge in [-0.2, -0.15) is 4.98 Å². The minimum Gasteiger partial charge on any atom is -0.496 e. The van der Waals surface area contributed by atoms with Crippen molar-refractivity contribution in [2.45, 2.75) is 6.92 Å². The van der Waals surface area contributed by atoms with Crippen LogP contribution in [0.1, 0.15) is 5.56 Å². The third kappa shape index (κ3) is 1.92. The monoisotopic (exact) mass is 221 g/mol.